The molecule has 478 valence electrons. The molecule has 0 aliphatic carbocycles. The molecule has 0 bridgehead atoms. The number of hydrogen-bond donors (Lipinski definition) is 9. The summed E-state index contributed by atoms with van der Waals surface area (Å²) in [6.45, 7) is 2.87. The Morgan fingerprint density at radius 1 is 0.444 bits per heavy atom. The van der Waals surface area contributed by atoms with Gasteiger partial charge in [0.15, 0.2) is 12.6 Å². The summed E-state index contributed by atoms with van der Waals surface area (Å²) >= 11 is 0. The maximum absolute atomic E-state index is 13.3. The van der Waals surface area contributed by atoms with Gasteiger partial charge in [-0.2, -0.15) is 0 Å². The number of allylic oxidation sites excluding steroid dienone is 4. The van der Waals surface area contributed by atoms with Crippen LogP contribution >= 0.6 is 0 Å². The molecule has 81 heavy (non-hydrogen) atoms. The maximum Gasteiger partial charge on any atom is 0.220 e. The van der Waals surface area contributed by atoms with E-state index >= 15 is 0 Å². The van der Waals surface area contributed by atoms with Crippen LogP contribution in [0.5, 0.6) is 0 Å². The standard InChI is InChI=1S/C67H127NO13/c1-3-5-7-9-11-13-15-17-18-19-20-21-22-23-24-25-26-27-28-29-30-31-32-33-34-35-36-37-38-39-41-43-45-47-49-51-59(72)68-55(56(71)50-48-46-44-42-40-16-14-12-10-8-6-4-2)54-78-66-64(77)62(75)65(58(53-70)80-66)81-67-63(76)61(74)60(73)57(52-69)79-67/h15,17,19-20,55-58,60-67,69-71,73-77H,3-14,16,18,21-54H2,1-2H3,(H,68,72)/b17-15-,20-19-. The molecule has 2 rings (SSSR count). The third-order valence-electron chi connectivity index (χ3n) is 16.9. The zero-order valence-corrected chi connectivity index (χ0v) is 51.8. The first-order chi connectivity index (χ1) is 39.6. The number of ether oxygens (including phenoxy) is 4. The van der Waals surface area contributed by atoms with Gasteiger partial charge in [-0.25, -0.2) is 0 Å². The van der Waals surface area contributed by atoms with E-state index in [2.05, 4.69) is 43.5 Å². The van der Waals surface area contributed by atoms with E-state index < -0.39 is 86.8 Å². The molecule has 0 aromatic heterocycles. The summed E-state index contributed by atoms with van der Waals surface area (Å²) in [5, 5.41) is 87.3. The Kier molecular flexibility index (Phi) is 49.2. The number of rotatable bonds is 56. The van der Waals surface area contributed by atoms with E-state index in [1.165, 1.54) is 218 Å². The van der Waals surface area contributed by atoms with Crippen LogP contribution in [-0.4, -0.2) is 140 Å². The number of nitrogens with one attached hydrogen (secondary N) is 1. The summed E-state index contributed by atoms with van der Waals surface area (Å²) in [5.41, 5.74) is 0. The number of carbonyl (C=O) groups excluding carboxylic acids is 1. The third kappa shape index (κ3) is 37.6. The van der Waals surface area contributed by atoms with Crippen LogP contribution < -0.4 is 5.32 Å². The van der Waals surface area contributed by atoms with Gasteiger partial charge in [-0.1, -0.05) is 276 Å². The van der Waals surface area contributed by atoms with Crippen molar-refractivity contribution in [2.75, 3.05) is 19.8 Å². The Labute approximate surface area is 494 Å². The van der Waals surface area contributed by atoms with E-state index in [4.69, 9.17) is 18.9 Å². The van der Waals surface area contributed by atoms with Gasteiger partial charge in [-0.3, -0.25) is 4.79 Å². The van der Waals surface area contributed by atoms with E-state index in [1.54, 1.807) is 0 Å². The van der Waals surface area contributed by atoms with Gasteiger partial charge in [-0.05, 0) is 44.9 Å². The molecule has 2 saturated heterocycles. The lowest BCUT2D eigenvalue weighted by Crippen LogP contribution is -2.65. The predicted molar refractivity (Wildman–Crippen MR) is 328 cm³/mol. The van der Waals surface area contributed by atoms with Crippen molar-refractivity contribution in [2.45, 2.75) is 376 Å². The van der Waals surface area contributed by atoms with Crippen molar-refractivity contribution in [1.29, 1.82) is 0 Å². The summed E-state index contributed by atoms with van der Waals surface area (Å²) < 4.78 is 22.8. The molecule has 12 unspecified atom stereocenters. The first-order valence-electron chi connectivity index (χ1n) is 34.1. The van der Waals surface area contributed by atoms with E-state index in [1.807, 2.05) is 0 Å². The lowest BCUT2D eigenvalue weighted by Gasteiger charge is -2.46. The van der Waals surface area contributed by atoms with Crippen molar-refractivity contribution in [3.05, 3.63) is 24.3 Å². The van der Waals surface area contributed by atoms with Gasteiger partial charge in [0.2, 0.25) is 5.91 Å². The molecule has 0 radical (unpaired) electrons. The molecule has 14 nitrogen and oxygen atoms in total. The molecule has 2 aliphatic heterocycles. The van der Waals surface area contributed by atoms with Crippen LogP contribution in [0.25, 0.3) is 0 Å². The molecule has 2 heterocycles. The Bertz CT molecular complexity index is 1450. The lowest BCUT2D eigenvalue weighted by atomic mass is 9.97. The van der Waals surface area contributed by atoms with Crippen LogP contribution in [0.2, 0.25) is 0 Å². The highest BCUT2D eigenvalue weighted by Gasteiger charge is 2.51. The number of aliphatic hydroxyl groups excluding tert-OH is 8. The second kappa shape index (κ2) is 52.8. The van der Waals surface area contributed by atoms with Crippen LogP contribution in [0.3, 0.4) is 0 Å². The summed E-state index contributed by atoms with van der Waals surface area (Å²) in [6.07, 6.45) is 47.9. The Balaban J connectivity index is 1.57. The maximum atomic E-state index is 13.3. The van der Waals surface area contributed by atoms with Gasteiger partial charge in [0.25, 0.3) is 0 Å². The van der Waals surface area contributed by atoms with Gasteiger partial charge in [0.1, 0.15) is 48.8 Å². The quantitative estimate of drug-likeness (QED) is 0.0204. The fourth-order valence-corrected chi connectivity index (χ4v) is 11.4. The van der Waals surface area contributed by atoms with Gasteiger partial charge in [0, 0.05) is 6.42 Å². The van der Waals surface area contributed by atoms with Crippen LogP contribution in [-0.2, 0) is 23.7 Å². The molecular weight excluding hydrogens is 1030 g/mol. The fraction of sp³-hybridized carbons (Fsp3) is 0.925. The number of carbonyl (C=O) groups is 1. The van der Waals surface area contributed by atoms with Crippen molar-refractivity contribution in [2.24, 2.45) is 0 Å². The van der Waals surface area contributed by atoms with Crippen LogP contribution in [0.4, 0.5) is 0 Å². The zero-order valence-electron chi connectivity index (χ0n) is 51.8. The fourth-order valence-electron chi connectivity index (χ4n) is 11.4. The van der Waals surface area contributed by atoms with Crippen LogP contribution in [0.15, 0.2) is 24.3 Å². The molecular formula is C67H127NO13. The minimum Gasteiger partial charge on any atom is -0.394 e. The highest BCUT2D eigenvalue weighted by Crippen LogP contribution is 2.30. The van der Waals surface area contributed by atoms with Crippen molar-refractivity contribution in [1.82, 2.24) is 5.32 Å². The Hall–Kier alpha value is -1.53. The molecule has 0 aromatic rings. The number of unbranched alkanes of at least 4 members (excludes halogenated alkanes) is 39. The summed E-state index contributed by atoms with van der Waals surface area (Å²) in [5.74, 6) is -0.202. The molecule has 2 aliphatic rings. The Morgan fingerprint density at radius 2 is 0.815 bits per heavy atom. The van der Waals surface area contributed by atoms with E-state index in [9.17, 15) is 45.6 Å². The molecule has 2 fully saturated rings. The largest absolute Gasteiger partial charge is 0.394 e. The van der Waals surface area contributed by atoms with Gasteiger partial charge >= 0.3 is 0 Å². The van der Waals surface area contributed by atoms with Crippen molar-refractivity contribution < 1.29 is 64.6 Å². The number of hydrogen-bond acceptors (Lipinski definition) is 13. The van der Waals surface area contributed by atoms with Gasteiger partial charge in [-0.15, -0.1) is 0 Å². The molecule has 9 N–H and O–H groups in total. The van der Waals surface area contributed by atoms with Crippen LogP contribution in [0.1, 0.15) is 303 Å². The second-order valence-electron chi connectivity index (χ2n) is 24.3. The zero-order chi connectivity index (χ0) is 58.8. The predicted octanol–water partition coefficient (Wildman–Crippen LogP) is 13.2. The average Bonchev–Trinajstić information content (AvgIpc) is 3.46. The Morgan fingerprint density at radius 3 is 1.23 bits per heavy atom. The minimum absolute atomic E-state index is 0.202. The molecule has 12 atom stereocenters. The molecule has 0 saturated carbocycles. The molecule has 1 amide bonds. The monoisotopic (exact) mass is 1150 g/mol. The van der Waals surface area contributed by atoms with Crippen LogP contribution in [0, 0.1) is 0 Å². The van der Waals surface area contributed by atoms with E-state index in [-0.39, 0.29) is 12.5 Å². The average molecular weight is 1150 g/mol. The smallest absolute Gasteiger partial charge is 0.220 e. The summed E-state index contributed by atoms with van der Waals surface area (Å²) in [7, 11) is 0. The second-order valence-corrected chi connectivity index (χ2v) is 24.3. The first-order valence-corrected chi connectivity index (χ1v) is 34.1. The lowest BCUT2D eigenvalue weighted by molar-refractivity contribution is -0.359. The van der Waals surface area contributed by atoms with Gasteiger partial charge < -0.3 is 65.1 Å². The topological polar surface area (TPSA) is 228 Å². The number of aliphatic hydroxyl groups is 8. The SMILES string of the molecule is CCCCCCC/C=C\C/C=C\CCCCCCCCCCCCCCCCCCCCCCCCCC(=O)NC(COC1OC(CO)C(OC2OC(CO)C(O)C(O)C2O)C(O)C1O)C(O)CCCCCCCCCCCCCC. The van der Waals surface area contributed by atoms with E-state index in [0.29, 0.717) is 12.8 Å². The van der Waals surface area contributed by atoms with Crippen molar-refractivity contribution in [3.63, 3.8) is 0 Å². The van der Waals surface area contributed by atoms with Crippen molar-refractivity contribution in [3.8, 4) is 0 Å². The molecule has 14 heteroatoms. The highest BCUT2D eigenvalue weighted by atomic mass is 16.7. The summed E-state index contributed by atoms with van der Waals surface area (Å²) in [6, 6.07) is -0.824. The molecule has 0 aromatic carbocycles. The third-order valence-corrected chi connectivity index (χ3v) is 16.9. The summed E-state index contributed by atoms with van der Waals surface area (Å²) in [4.78, 5) is 13.3. The minimum atomic E-state index is -1.78. The highest BCUT2D eigenvalue weighted by molar-refractivity contribution is 5.76. The van der Waals surface area contributed by atoms with E-state index in [0.717, 1.165) is 57.8 Å². The number of amides is 1. The van der Waals surface area contributed by atoms with Gasteiger partial charge in [0.05, 0.1) is 32.0 Å². The molecule has 0 spiro atoms. The van der Waals surface area contributed by atoms with Crippen molar-refractivity contribution >= 4 is 5.91 Å². The first kappa shape index (κ1) is 75.6. The normalized spacial score (nSPS) is 24.2.